The average molecular weight is 424 g/mol. The maximum absolute atomic E-state index is 14.6. The molecule has 0 aliphatic carbocycles. The van der Waals surface area contributed by atoms with Crippen LogP contribution in [-0.2, 0) is 17.5 Å². The number of fused-ring (bicyclic) bond motifs is 1. The number of aryl methyl sites for hydroxylation is 1. The summed E-state index contributed by atoms with van der Waals surface area (Å²) in [6.07, 6.45) is -0.496. The zero-order chi connectivity index (χ0) is 21.9. The van der Waals surface area contributed by atoms with E-state index in [1.807, 2.05) is 0 Å². The molecule has 0 spiro atoms. The fourth-order valence-corrected chi connectivity index (χ4v) is 3.09. The summed E-state index contributed by atoms with van der Waals surface area (Å²) in [6.45, 7) is 0.838. The molecule has 1 aromatic carbocycles. The number of nitrogens with zero attached hydrogens (tertiary/aromatic N) is 3. The number of nitrogens with two attached hydrogens (primary N) is 1. The first-order chi connectivity index (χ1) is 14.2. The van der Waals surface area contributed by atoms with Gasteiger partial charge in [0.15, 0.2) is 5.82 Å². The van der Waals surface area contributed by atoms with Gasteiger partial charge in [0.25, 0.3) is 5.56 Å². The van der Waals surface area contributed by atoms with Gasteiger partial charge < -0.3 is 15.0 Å². The van der Waals surface area contributed by atoms with E-state index in [9.17, 15) is 22.4 Å². The number of benzene rings is 1. The second-order valence-electron chi connectivity index (χ2n) is 6.88. The van der Waals surface area contributed by atoms with Crippen molar-refractivity contribution < 1.29 is 22.3 Å². The van der Waals surface area contributed by atoms with E-state index >= 15 is 0 Å². The maximum Gasteiger partial charge on any atom is 0.419 e. The molecule has 1 atom stereocenters. The minimum atomic E-state index is -4.58. The van der Waals surface area contributed by atoms with Crippen LogP contribution in [0.4, 0.5) is 17.6 Å². The van der Waals surface area contributed by atoms with Gasteiger partial charge in [-0.05, 0) is 36.4 Å². The summed E-state index contributed by atoms with van der Waals surface area (Å²) in [6, 6.07) is 3.92. The highest BCUT2D eigenvalue weighted by Gasteiger charge is 2.31. The lowest BCUT2D eigenvalue weighted by molar-refractivity contribution is -0.138. The molecular weight excluding hydrogens is 404 g/mol. The SMILES string of the molecule is COCC(N)CCCn1ccc2cc(-c3ncc(C(F)(F)F)cn3)c(F)cc2c1=O. The Morgan fingerprint density at radius 1 is 1.23 bits per heavy atom. The van der Waals surface area contributed by atoms with Gasteiger partial charge in [-0.25, -0.2) is 14.4 Å². The van der Waals surface area contributed by atoms with Crippen molar-refractivity contribution >= 4 is 10.8 Å². The molecule has 0 saturated heterocycles. The Morgan fingerprint density at radius 2 is 1.93 bits per heavy atom. The van der Waals surface area contributed by atoms with Crippen LogP contribution in [0.5, 0.6) is 0 Å². The molecule has 0 radical (unpaired) electrons. The minimum absolute atomic E-state index is 0.0843. The van der Waals surface area contributed by atoms with E-state index in [1.165, 1.54) is 10.6 Å². The van der Waals surface area contributed by atoms with Gasteiger partial charge >= 0.3 is 6.18 Å². The van der Waals surface area contributed by atoms with Gasteiger partial charge in [-0.3, -0.25) is 4.79 Å². The third kappa shape index (κ3) is 4.82. The number of rotatable bonds is 7. The third-order valence-electron chi connectivity index (χ3n) is 4.64. The number of halogens is 4. The second kappa shape index (κ2) is 8.88. The van der Waals surface area contributed by atoms with E-state index in [4.69, 9.17) is 10.5 Å². The number of hydrogen-bond acceptors (Lipinski definition) is 5. The highest BCUT2D eigenvalue weighted by molar-refractivity contribution is 5.85. The molecule has 0 fully saturated rings. The highest BCUT2D eigenvalue weighted by atomic mass is 19.4. The van der Waals surface area contributed by atoms with E-state index in [1.54, 1.807) is 19.4 Å². The molecule has 2 heterocycles. The standard InChI is InChI=1S/C20H20F4N4O2/c1-30-11-14(25)3-2-5-28-6-4-12-7-16(17(21)8-15(12)19(28)29)18-26-9-13(10-27-18)20(22,23)24/h4,6-10,14H,2-3,5,11,25H2,1H3. The fourth-order valence-electron chi connectivity index (χ4n) is 3.09. The predicted octanol–water partition coefficient (Wildman–Crippen LogP) is 3.37. The Bertz CT molecular complexity index is 1080. The van der Waals surface area contributed by atoms with Crippen molar-refractivity contribution in [1.82, 2.24) is 14.5 Å². The van der Waals surface area contributed by atoms with E-state index in [2.05, 4.69) is 9.97 Å². The maximum atomic E-state index is 14.6. The van der Waals surface area contributed by atoms with Crippen LogP contribution in [0.1, 0.15) is 18.4 Å². The van der Waals surface area contributed by atoms with E-state index in [-0.39, 0.29) is 28.4 Å². The molecule has 0 aliphatic heterocycles. The largest absolute Gasteiger partial charge is 0.419 e. The van der Waals surface area contributed by atoms with Crippen LogP contribution in [0.15, 0.2) is 41.6 Å². The van der Waals surface area contributed by atoms with Gasteiger partial charge in [0.1, 0.15) is 5.82 Å². The summed E-state index contributed by atoms with van der Waals surface area (Å²) in [5, 5.41) is 0.596. The quantitative estimate of drug-likeness (QED) is 0.588. The number of pyridine rings is 1. The van der Waals surface area contributed by atoms with Gasteiger partial charge in [0.2, 0.25) is 0 Å². The van der Waals surface area contributed by atoms with E-state index < -0.39 is 17.6 Å². The Kier molecular flexibility index (Phi) is 6.47. The Labute approximate surface area is 169 Å². The normalized spacial score (nSPS) is 13.0. The van der Waals surface area contributed by atoms with Crippen molar-refractivity contribution in [3.05, 3.63) is 58.5 Å². The smallest absolute Gasteiger partial charge is 0.383 e. The monoisotopic (exact) mass is 424 g/mol. The topological polar surface area (TPSA) is 83.0 Å². The zero-order valence-corrected chi connectivity index (χ0v) is 16.1. The van der Waals surface area contributed by atoms with Crippen LogP contribution in [-0.4, -0.2) is 34.3 Å². The number of ether oxygens (including phenoxy) is 1. The first-order valence-electron chi connectivity index (χ1n) is 9.17. The summed E-state index contributed by atoms with van der Waals surface area (Å²) in [4.78, 5) is 19.9. The number of aromatic nitrogens is 3. The molecule has 0 saturated carbocycles. The van der Waals surface area contributed by atoms with Crippen molar-refractivity contribution in [2.45, 2.75) is 31.6 Å². The van der Waals surface area contributed by atoms with E-state index in [0.29, 0.717) is 43.8 Å². The molecule has 30 heavy (non-hydrogen) atoms. The molecule has 0 amide bonds. The fraction of sp³-hybridized carbons (Fsp3) is 0.350. The molecule has 160 valence electrons. The number of hydrogen-bond donors (Lipinski definition) is 1. The second-order valence-corrected chi connectivity index (χ2v) is 6.88. The molecule has 3 rings (SSSR count). The minimum Gasteiger partial charge on any atom is -0.383 e. The molecule has 2 aromatic heterocycles. The third-order valence-corrected chi connectivity index (χ3v) is 4.64. The molecule has 6 nitrogen and oxygen atoms in total. The van der Waals surface area contributed by atoms with Crippen molar-refractivity contribution in [3.63, 3.8) is 0 Å². The predicted molar refractivity (Wildman–Crippen MR) is 103 cm³/mol. The molecule has 10 heteroatoms. The van der Waals surface area contributed by atoms with Crippen LogP contribution in [0.3, 0.4) is 0 Å². The first-order valence-corrected chi connectivity index (χ1v) is 9.17. The summed E-state index contributed by atoms with van der Waals surface area (Å²) >= 11 is 0. The van der Waals surface area contributed by atoms with Gasteiger partial charge in [-0.1, -0.05) is 0 Å². The van der Waals surface area contributed by atoms with Gasteiger partial charge in [0.05, 0.1) is 23.1 Å². The summed E-state index contributed by atoms with van der Waals surface area (Å²) in [7, 11) is 1.56. The molecular formula is C20H20F4N4O2. The lowest BCUT2D eigenvalue weighted by Gasteiger charge is -2.12. The average Bonchev–Trinajstić information content (AvgIpc) is 2.69. The van der Waals surface area contributed by atoms with Gasteiger partial charge in [0, 0.05) is 38.3 Å². The molecule has 1 unspecified atom stereocenters. The molecule has 0 aliphatic rings. The Morgan fingerprint density at radius 3 is 2.57 bits per heavy atom. The van der Waals surface area contributed by atoms with Crippen LogP contribution < -0.4 is 11.3 Å². The molecule has 3 aromatic rings. The van der Waals surface area contributed by atoms with Crippen LogP contribution >= 0.6 is 0 Å². The summed E-state index contributed by atoms with van der Waals surface area (Å²) in [5.41, 5.74) is 4.39. The lowest BCUT2D eigenvalue weighted by atomic mass is 10.1. The lowest BCUT2D eigenvalue weighted by Crippen LogP contribution is -2.27. The summed E-state index contributed by atoms with van der Waals surface area (Å²) < 4.78 is 59.0. The Hall–Kier alpha value is -2.85. The van der Waals surface area contributed by atoms with Gasteiger partial charge in [-0.2, -0.15) is 13.2 Å². The van der Waals surface area contributed by atoms with Crippen molar-refractivity contribution in [1.29, 1.82) is 0 Å². The number of alkyl halides is 3. The van der Waals surface area contributed by atoms with Gasteiger partial charge in [-0.15, -0.1) is 0 Å². The van der Waals surface area contributed by atoms with Crippen LogP contribution in [0.2, 0.25) is 0 Å². The molecule has 2 N–H and O–H groups in total. The molecule has 0 bridgehead atoms. The van der Waals surface area contributed by atoms with Crippen LogP contribution in [0, 0.1) is 5.82 Å². The highest BCUT2D eigenvalue weighted by Crippen LogP contribution is 2.29. The van der Waals surface area contributed by atoms with E-state index in [0.717, 1.165) is 6.07 Å². The number of methoxy groups -OCH3 is 1. The van der Waals surface area contributed by atoms with Crippen molar-refractivity contribution in [3.8, 4) is 11.4 Å². The summed E-state index contributed by atoms with van der Waals surface area (Å²) in [5.74, 6) is -0.988. The van der Waals surface area contributed by atoms with Crippen LogP contribution in [0.25, 0.3) is 22.2 Å². The zero-order valence-electron chi connectivity index (χ0n) is 16.1. The van der Waals surface area contributed by atoms with Crippen molar-refractivity contribution in [2.75, 3.05) is 13.7 Å². The first kappa shape index (κ1) is 21.8. The van der Waals surface area contributed by atoms with Crippen molar-refractivity contribution in [2.24, 2.45) is 5.73 Å². The Balaban J connectivity index is 1.87.